The molecule has 0 rings (SSSR count). The van der Waals surface area contributed by atoms with E-state index in [0.717, 1.165) is 5.92 Å². The highest BCUT2D eigenvalue weighted by molar-refractivity contribution is 4.77. The first-order chi connectivity index (χ1) is 6.91. The van der Waals surface area contributed by atoms with Crippen LogP contribution in [-0.2, 0) is 9.68 Å². The van der Waals surface area contributed by atoms with Gasteiger partial charge < -0.3 is 9.68 Å². The zero-order valence-electron chi connectivity index (χ0n) is 8.54. The van der Waals surface area contributed by atoms with Gasteiger partial charge in [0.25, 0.3) is 10.2 Å². The lowest BCUT2D eigenvalue weighted by Gasteiger charge is -2.14. The predicted octanol–water partition coefficient (Wildman–Crippen LogP) is 1.17. The third kappa shape index (κ3) is 8.72. The Kier molecular flexibility index (Phi) is 6.07. The number of nitrogens with zero attached hydrogens (tertiary/aromatic N) is 2. The fourth-order valence-corrected chi connectivity index (χ4v) is 0.882. The Hall–Kier alpha value is -1.60. The van der Waals surface area contributed by atoms with Crippen LogP contribution in [0, 0.1) is 26.1 Å². The molecule has 0 N–H and O–H groups in total. The molecule has 0 saturated carbocycles. The van der Waals surface area contributed by atoms with Gasteiger partial charge >= 0.3 is 0 Å². The highest BCUT2D eigenvalue weighted by atomic mass is 17.0. The van der Waals surface area contributed by atoms with Gasteiger partial charge in [0.05, 0.1) is 0 Å². The molecule has 1 atom stereocenters. The first kappa shape index (κ1) is 13.4. The lowest BCUT2D eigenvalue weighted by Crippen LogP contribution is -2.24. The van der Waals surface area contributed by atoms with Gasteiger partial charge in [-0.05, 0) is 18.8 Å². The van der Waals surface area contributed by atoms with Crippen LogP contribution in [0.3, 0.4) is 0 Å². The van der Waals surface area contributed by atoms with Gasteiger partial charge in [-0.15, -0.1) is 20.2 Å². The Morgan fingerprint density at radius 3 is 2.27 bits per heavy atom. The molecule has 8 heteroatoms. The molecule has 0 bridgehead atoms. The Balaban J connectivity index is 3.94. The van der Waals surface area contributed by atoms with Crippen LogP contribution < -0.4 is 0 Å². The fourth-order valence-electron chi connectivity index (χ4n) is 0.882. The molecule has 1 radical (unpaired) electrons. The number of hydrogen-bond acceptors (Lipinski definition) is 6. The molecule has 0 unspecified atom stereocenters. The Bertz CT molecular complexity index is 220. The van der Waals surface area contributed by atoms with Gasteiger partial charge in [0.1, 0.15) is 12.7 Å². The summed E-state index contributed by atoms with van der Waals surface area (Å²) in [6.07, 6.45) is 0.0109. The molecule has 87 valence electrons. The van der Waals surface area contributed by atoms with Crippen LogP contribution in [0.5, 0.6) is 0 Å². The van der Waals surface area contributed by atoms with Crippen molar-refractivity contribution < 1.29 is 19.8 Å². The maximum Gasteiger partial charge on any atom is 0.294 e. The van der Waals surface area contributed by atoms with Crippen LogP contribution in [0.2, 0.25) is 0 Å². The fraction of sp³-hybridized carbons (Fsp3) is 0.857. The van der Waals surface area contributed by atoms with Crippen LogP contribution in [0.1, 0.15) is 26.7 Å². The topological polar surface area (TPSA) is 105 Å². The standard InChI is InChI=1S/C7H13N2O6/c1-6(2)3-4-7(15-9(12)13)5-14-8(10)11/h7H,3-5H2,1-2H3/t7-/m1/s1. The molecule has 0 amide bonds. The molecule has 0 saturated heterocycles. The van der Waals surface area contributed by atoms with Crippen molar-refractivity contribution in [1.29, 1.82) is 0 Å². The first-order valence-electron chi connectivity index (χ1n) is 4.29. The van der Waals surface area contributed by atoms with Gasteiger partial charge in [-0.2, -0.15) is 0 Å². The first-order valence-corrected chi connectivity index (χ1v) is 4.29. The second kappa shape index (κ2) is 6.80. The van der Waals surface area contributed by atoms with Crippen LogP contribution in [0.15, 0.2) is 0 Å². The van der Waals surface area contributed by atoms with Crippen molar-refractivity contribution in [3.8, 4) is 0 Å². The summed E-state index contributed by atoms with van der Waals surface area (Å²) in [6, 6.07) is 0. The summed E-state index contributed by atoms with van der Waals surface area (Å²) >= 11 is 0. The van der Waals surface area contributed by atoms with E-state index in [1.807, 2.05) is 13.8 Å². The van der Waals surface area contributed by atoms with Gasteiger partial charge in [0, 0.05) is 0 Å². The van der Waals surface area contributed by atoms with Crippen molar-refractivity contribution in [2.45, 2.75) is 32.8 Å². The summed E-state index contributed by atoms with van der Waals surface area (Å²) in [4.78, 5) is 28.2. The second-order valence-electron chi connectivity index (χ2n) is 3.22. The summed E-state index contributed by atoms with van der Waals surface area (Å²) in [5.74, 6) is 1.06. The monoisotopic (exact) mass is 221 g/mol. The van der Waals surface area contributed by atoms with Gasteiger partial charge in [0.15, 0.2) is 0 Å². The van der Waals surface area contributed by atoms with Gasteiger partial charge in [0.2, 0.25) is 0 Å². The zero-order valence-corrected chi connectivity index (χ0v) is 8.54. The van der Waals surface area contributed by atoms with E-state index in [2.05, 4.69) is 9.68 Å². The molecule has 0 spiro atoms. The molecular formula is C7H13N2O6. The summed E-state index contributed by atoms with van der Waals surface area (Å²) in [7, 11) is 0. The van der Waals surface area contributed by atoms with Crippen molar-refractivity contribution in [2.24, 2.45) is 0 Å². The normalized spacial score (nSPS) is 12.2. The lowest BCUT2D eigenvalue weighted by atomic mass is 10.1. The number of rotatable bonds is 8. The van der Waals surface area contributed by atoms with E-state index in [1.54, 1.807) is 0 Å². The van der Waals surface area contributed by atoms with Gasteiger partial charge in [-0.25, -0.2) is 0 Å². The molecule has 0 aliphatic rings. The molecule has 0 aromatic rings. The van der Waals surface area contributed by atoms with Crippen molar-refractivity contribution in [3.05, 3.63) is 26.1 Å². The van der Waals surface area contributed by atoms with Crippen molar-refractivity contribution in [1.82, 2.24) is 0 Å². The van der Waals surface area contributed by atoms with Crippen LogP contribution in [-0.4, -0.2) is 22.9 Å². The highest BCUT2D eigenvalue weighted by Gasteiger charge is 2.16. The van der Waals surface area contributed by atoms with Crippen LogP contribution >= 0.6 is 0 Å². The second-order valence-corrected chi connectivity index (χ2v) is 3.22. The smallest absolute Gasteiger partial charge is 0.294 e. The minimum Gasteiger partial charge on any atom is -0.312 e. The van der Waals surface area contributed by atoms with Crippen molar-refractivity contribution >= 4 is 0 Å². The summed E-state index contributed by atoms with van der Waals surface area (Å²) in [6.45, 7) is 3.29. The summed E-state index contributed by atoms with van der Waals surface area (Å²) < 4.78 is 0. The quantitative estimate of drug-likeness (QED) is 0.450. The van der Waals surface area contributed by atoms with Gasteiger partial charge in [-0.3, -0.25) is 0 Å². The molecule has 0 heterocycles. The Morgan fingerprint density at radius 1 is 1.27 bits per heavy atom. The SMILES string of the molecule is C[C](C)CC[C@H](CO[N+](=O)[O-])O[N+](=O)[O-]. The molecule has 15 heavy (non-hydrogen) atoms. The molecule has 0 aliphatic carbocycles. The predicted molar refractivity (Wildman–Crippen MR) is 48.6 cm³/mol. The van der Waals surface area contributed by atoms with Crippen LogP contribution in [0.4, 0.5) is 0 Å². The average Bonchev–Trinajstić information content (AvgIpc) is 2.08. The van der Waals surface area contributed by atoms with Crippen LogP contribution in [0.25, 0.3) is 0 Å². The maximum absolute atomic E-state index is 10.1. The molecule has 0 aromatic heterocycles. The minimum atomic E-state index is -1.00. The van der Waals surface area contributed by atoms with Gasteiger partial charge in [-0.1, -0.05) is 13.8 Å². The molecule has 8 nitrogen and oxygen atoms in total. The van der Waals surface area contributed by atoms with E-state index in [9.17, 15) is 20.2 Å². The van der Waals surface area contributed by atoms with E-state index in [1.165, 1.54) is 0 Å². The third-order valence-electron chi connectivity index (χ3n) is 1.57. The van der Waals surface area contributed by atoms with Crippen molar-refractivity contribution in [3.63, 3.8) is 0 Å². The van der Waals surface area contributed by atoms with E-state index >= 15 is 0 Å². The molecule has 0 aliphatic heterocycles. The summed E-state index contributed by atoms with van der Waals surface area (Å²) in [5, 5.41) is 18.0. The van der Waals surface area contributed by atoms with E-state index in [0.29, 0.717) is 12.8 Å². The van der Waals surface area contributed by atoms with E-state index < -0.39 is 22.9 Å². The average molecular weight is 221 g/mol. The summed E-state index contributed by atoms with van der Waals surface area (Å²) in [5.41, 5.74) is 0. The highest BCUT2D eigenvalue weighted by Crippen LogP contribution is 2.11. The van der Waals surface area contributed by atoms with E-state index in [-0.39, 0.29) is 0 Å². The van der Waals surface area contributed by atoms with E-state index in [4.69, 9.17) is 0 Å². The zero-order chi connectivity index (χ0) is 11.8. The number of hydrogen-bond donors (Lipinski definition) is 0. The molecular weight excluding hydrogens is 208 g/mol. The van der Waals surface area contributed by atoms with Crippen molar-refractivity contribution in [2.75, 3.05) is 6.61 Å². The largest absolute Gasteiger partial charge is 0.312 e. The Labute approximate surface area is 86.4 Å². The Morgan fingerprint density at radius 2 is 1.87 bits per heavy atom. The lowest BCUT2D eigenvalue weighted by molar-refractivity contribution is -0.790. The minimum absolute atomic E-state index is 0.317. The molecule has 0 aromatic carbocycles. The maximum atomic E-state index is 10.1. The molecule has 0 fully saturated rings. The third-order valence-corrected chi connectivity index (χ3v) is 1.57.